The molecule has 0 spiro atoms. The summed E-state index contributed by atoms with van der Waals surface area (Å²) in [6.07, 6.45) is 0. The molecule has 3 heteroatoms. The van der Waals surface area contributed by atoms with Crippen molar-refractivity contribution in [3.05, 3.63) is 152 Å². The molecule has 0 N–H and O–H groups in total. The van der Waals surface area contributed by atoms with Gasteiger partial charge in [-0.05, 0) is 70.8 Å². The quantitative estimate of drug-likeness (QED) is 0.200. The van der Waals surface area contributed by atoms with E-state index in [9.17, 15) is 0 Å². The van der Waals surface area contributed by atoms with Crippen LogP contribution in [0.3, 0.4) is 0 Å². The van der Waals surface area contributed by atoms with E-state index in [2.05, 4.69) is 144 Å². The van der Waals surface area contributed by atoms with Crippen LogP contribution in [0.1, 0.15) is 0 Å². The molecule has 210 valence electrons. The third kappa shape index (κ3) is 3.68. The summed E-state index contributed by atoms with van der Waals surface area (Å²) in [5.74, 6) is 0. The van der Waals surface area contributed by atoms with Gasteiger partial charge in [0.25, 0.3) is 0 Å². The number of rotatable bonds is 3. The summed E-state index contributed by atoms with van der Waals surface area (Å²) in [5.41, 5.74) is 10.4. The topological polar surface area (TPSA) is 18.1 Å². The number of fused-ring (bicyclic) bond motifs is 9. The lowest BCUT2D eigenvalue weighted by atomic mass is 10.0. The third-order valence-corrected chi connectivity index (χ3v) is 10.4. The maximum Gasteiger partial charge on any atom is 0.135 e. The van der Waals surface area contributed by atoms with Gasteiger partial charge in [-0.2, -0.15) is 0 Å². The summed E-state index contributed by atoms with van der Waals surface area (Å²) in [7, 11) is 0. The van der Waals surface area contributed by atoms with Gasteiger partial charge in [-0.25, -0.2) is 0 Å². The Bertz CT molecular complexity index is 2760. The second kappa shape index (κ2) is 9.43. The molecule has 0 unspecified atom stereocenters. The number of aromatic nitrogens is 1. The minimum absolute atomic E-state index is 0.924. The molecule has 0 fully saturated rings. The molecule has 3 heterocycles. The summed E-state index contributed by atoms with van der Waals surface area (Å²) >= 11 is 1.88. The van der Waals surface area contributed by atoms with Crippen molar-refractivity contribution in [2.24, 2.45) is 0 Å². The SMILES string of the molecule is c1ccc(-c2ccc3c4ccccc4n(-c4cccc5c4sc4ccc(-c6ccc7oc8ccccc8c7c6)cc45)c3c2)cc1. The van der Waals surface area contributed by atoms with Gasteiger partial charge < -0.3 is 8.98 Å². The average molecular weight is 592 g/mol. The monoisotopic (exact) mass is 591 g/mol. The van der Waals surface area contributed by atoms with Gasteiger partial charge in [0.2, 0.25) is 0 Å². The van der Waals surface area contributed by atoms with Gasteiger partial charge in [0, 0.05) is 37.0 Å². The number of nitrogens with zero attached hydrogens (tertiary/aromatic N) is 1. The molecule has 10 aromatic rings. The fraction of sp³-hybridized carbons (Fsp3) is 0. The van der Waals surface area contributed by atoms with Crippen molar-refractivity contribution in [2.75, 3.05) is 0 Å². The van der Waals surface area contributed by atoms with E-state index >= 15 is 0 Å². The Kier molecular flexibility index (Phi) is 5.19. The molecule has 0 aliphatic carbocycles. The predicted molar refractivity (Wildman–Crippen MR) is 192 cm³/mol. The van der Waals surface area contributed by atoms with Gasteiger partial charge in [-0.1, -0.05) is 103 Å². The molecule has 0 saturated heterocycles. The molecule has 10 rings (SSSR count). The predicted octanol–water partition coefficient (Wildman–Crippen LogP) is 12.4. The van der Waals surface area contributed by atoms with Crippen LogP contribution in [-0.4, -0.2) is 4.57 Å². The number of para-hydroxylation sites is 2. The summed E-state index contributed by atoms with van der Waals surface area (Å²) < 4.78 is 11.2. The molecule has 2 nitrogen and oxygen atoms in total. The van der Waals surface area contributed by atoms with Gasteiger partial charge in [-0.15, -0.1) is 11.3 Å². The first kappa shape index (κ1) is 24.8. The van der Waals surface area contributed by atoms with E-state index < -0.39 is 0 Å². The fourth-order valence-electron chi connectivity index (χ4n) is 7.09. The van der Waals surface area contributed by atoms with Gasteiger partial charge in [-0.3, -0.25) is 0 Å². The zero-order valence-corrected chi connectivity index (χ0v) is 25.0. The average Bonchev–Trinajstić information content (AvgIpc) is 3.77. The van der Waals surface area contributed by atoms with E-state index in [0.29, 0.717) is 0 Å². The van der Waals surface area contributed by atoms with Crippen LogP contribution < -0.4 is 0 Å². The van der Waals surface area contributed by atoms with Crippen molar-refractivity contribution < 1.29 is 4.42 Å². The van der Waals surface area contributed by atoms with Crippen LogP contribution in [0.25, 0.3) is 91.9 Å². The van der Waals surface area contributed by atoms with Crippen molar-refractivity contribution in [1.29, 1.82) is 0 Å². The summed E-state index contributed by atoms with van der Waals surface area (Å²) in [6.45, 7) is 0. The van der Waals surface area contributed by atoms with E-state index in [-0.39, 0.29) is 0 Å². The van der Waals surface area contributed by atoms with Crippen LogP contribution in [-0.2, 0) is 0 Å². The first-order valence-electron chi connectivity index (χ1n) is 15.3. The second-order valence-corrected chi connectivity index (χ2v) is 12.8. The van der Waals surface area contributed by atoms with Gasteiger partial charge in [0.15, 0.2) is 0 Å². The van der Waals surface area contributed by atoms with Crippen molar-refractivity contribution in [3.8, 4) is 27.9 Å². The Morgan fingerprint density at radius 1 is 0.400 bits per heavy atom. The highest BCUT2D eigenvalue weighted by Crippen LogP contribution is 2.43. The van der Waals surface area contributed by atoms with Crippen LogP contribution in [0, 0.1) is 0 Å². The molecule has 0 aliphatic heterocycles. The number of benzene rings is 7. The van der Waals surface area contributed by atoms with E-state index in [1.54, 1.807) is 0 Å². The lowest BCUT2D eigenvalue weighted by molar-refractivity contribution is 0.669. The number of hydrogen-bond acceptors (Lipinski definition) is 2. The Morgan fingerprint density at radius 2 is 1.07 bits per heavy atom. The van der Waals surface area contributed by atoms with Gasteiger partial charge in [0.1, 0.15) is 11.2 Å². The zero-order valence-electron chi connectivity index (χ0n) is 24.2. The summed E-state index contributed by atoms with van der Waals surface area (Å²) in [6, 6.07) is 54.8. The Labute approximate surface area is 263 Å². The van der Waals surface area contributed by atoms with E-state index in [1.165, 1.54) is 69.9 Å². The lowest BCUT2D eigenvalue weighted by Gasteiger charge is -2.10. The molecular formula is C42H25NOS. The van der Waals surface area contributed by atoms with Crippen molar-refractivity contribution in [2.45, 2.75) is 0 Å². The summed E-state index contributed by atoms with van der Waals surface area (Å²) in [5, 5.41) is 7.43. The van der Waals surface area contributed by atoms with Crippen LogP contribution in [0.5, 0.6) is 0 Å². The molecular weight excluding hydrogens is 567 g/mol. The van der Waals surface area contributed by atoms with E-state index in [4.69, 9.17) is 4.42 Å². The number of thiophene rings is 1. The van der Waals surface area contributed by atoms with Gasteiger partial charge >= 0.3 is 0 Å². The smallest absolute Gasteiger partial charge is 0.135 e. The molecule has 0 radical (unpaired) electrons. The summed E-state index contributed by atoms with van der Waals surface area (Å²) in [4.78, 5) is 0. The fourth-order valence-corrected chi connectivity index (χ4v) is 8.27. The maximum atomic E-state index is 6.10. The van der Waals surface area contributed by atoms with Crippen LogP contribution in [0.4, 0.5) is 0 Å². The molecule has 0 saturated carbocycles. The van der Waals surface area contributed by atoms with Crippen molar-refractivity contribution >= 4 is 75.3 Å². The second-order valence-electron chi connectivity index (χ2n) is 11.7. The largest absolute Gasteiger partial charge is 0.456 e. The Balaban J connectivity index is 1.19. The highest BCUT2D eigenvalue weighted by atomic mass is 32.1. The number of furan rings is 1. The zero-order chi connectivity index (χ0) is 29.5. The minimum Gasteiger partial charge on any atom is -0.456 e. The van der Waals surface area contributed by atoms with Crippen LogP contribution >= 0.6 is 11.3 Å². The maximum absolute atomic E-state index is 6.10. The first-order valence-corrected chi connectivity index (χ1v) is 16.1. The van der Waals surface area contributed by atoms with Crippen LogP contribution in [0.15, 0.2) is 156 Å². The molecule has 0 atom stereocenters. The van der Waals surface area contributed by atoms with Crippen molar-refractivity contribution in [3.63, 3.8) is 0 Å². The molecule has 7 aromatic carbocycles. The standard InChI is InChI=1S/C42H25NOS/c1-2-9-26(10-3-1)29-17-20-31-30-11-4-6-14-36(30)43(38(31)25-29)37-15-8-13-33-35-24-28(19-22-41(35)45-42(33)37)27-18-21-40-34(23-27)32-12-5-7-16-39(32)44-40/h1-25H. The molecule has 0 aliphatic rings. The third-order valence-electron chi connectivity index (χ3n) is 9.21. The van der Waals surface area contributed by atoms with Crippen molar-refractivity contribution in [1.82, 2.24) is 4.57 Å². The Hall–Kier alpha value is -5.64. The molecule has 0 bridgehead atoms. The number of hydrogen-bond donors (Lipinski definition) is 0. The highest BCUT2D eigenvalue weighted by Gasteiger charge is 2.18. The molecule has 45 heavy (non-hydrogen) atoms. The molecule has 0 amide bonds. The van der Waals surface area contributed by atoms with E-state index in [0.717, 1.165) is 21.9 Å². The first-order chi connectivity index (χ1) is 22.3. The van der Waals surface area contributed by atoms with E-state index in [1.807, 2.05) is 23.5 Å². The Morgan fingerprint density at radius 3 is 1.98 bits per heavy atom. The highest BCUT2D eigenvalue weighted by molar-refractivity contribution is 7.26. The minimum atomic E-state index is 0.924. The van der Waals surface area contributed by atoms with Gasteiger partial charge in [0.05, 0.1) is 21.4 Å². The lowest BCUT2D eigenvalue weighted by Crippen LogP contribution is -1.94. The normalized spacial score (nSPS) is 12.0. The van der Waals surface area contributed by atoms with Crippen LogP contribution in [0.2, 0.25) is 0 Å². The molecule has 3 aromatic heterocycles.